The molecule has 1 unspecified atom stereocenters. The Morgan fingerprint density at radius 1 is 1.44 bits per heavy atom. The first kappa shape index (κ1) is 14.4. The standard InChI is InChI=1S/C13H21N3O2/c1-3-7-15-13(18)11-4-5-12(16-9-11)14-8-6-10(2)17/h4-5,9-10,17H,3,6-8H2,1-2H3,(H,14,16)(H,15,18). The first-order chi connectivity index (χ1) is 8.63. The molecule has 1 atom stereocenters. The third-order valence-electron chi connectivity index (χ3n) is 2.43. The van der Waals surface area contributed by atoms with Crippen molar-refractivity contribution < 1.29 is 9.90 Å². The lowest BCUT2D eigenvalue weighted by molar-refractivity contribution is 0.0953. The summed E-state index contributed by atoms with van der Waals surface area (Å²) in [6, 6.07) is 3.51. The molecule has 0 aromatic carbocycles. The number of nitrogens with zero attached hydrogens (tertiary/aromatic N) is 1. The van der Waals surface area contributed by atoms with Gasteiger partial charge < -0.3 is 15.7 Å². The minimum Gasteiger partial charge on any atom is -0.393 e. The number of nitrogens with one attached hydrogen (secondary N) is 2. The summed E-state index contributed by atoms with van der Waals surface area (Å²) in [5.41, 5.74) is 0.560. The van der Waals surface area contributed by atoms with Gasteiger partial charge in [0.05, 0.1) is 11.7 Å². The van der Waals surface area contributed by atoms with Crippen molar-refractivity contribution in [2.45, 2.75) is 32.8 Å². The highest BCUT2D eigenvalue weighted by Crippen LogP contribution is 2.05. The van der Waals surface area contributed by atoms with Crippen molar-refractivity contribution in [2.24, 2.45) is 0 Å². The van der Waals surface area contributed by atoms with Gasteiger partial charge in [0, 0.05) is 19.3 Å². The van der Waals surface area contributed by atoms with Gasteiger partial charge in [0.1, 0.15) is 5.82 Å². The highest BCUT2D eigenvalue weighted by Gasteiger charge is 2.04. The van der Waals surface area contributed by atoms with Crippen LogP contribution in [0.2, 0.25) is 0 Å². The van der Waals surface area contributed by atoms with Crippen LogP contribution in [0.1, 0.15) is 37.0 Å². The molecule has 0 spiro atoms. The molecule has 1 amide bonds. The maximum absolute atomic E-state index is 11.6. The summed E-state index contributed by atoms with van der Waals surface area (Å²) in [6.45, 7) is 5.09. The average Bonchev–Trinajstić information content (AvgIpc) is 2.36. The minimum atomic E-state index is -0.323. The highest BCUT2D eigenvalue weighted by atomic mass is 16.3. The van der Waals surface area contributed by atoms with E-state index in [1.165, 1.54) is 0 Å². The Kier molecular flexibility index (Phi) is 6.14. The maximum Gasteiger partial charge on any atom is 0.252 e. The number of aliphatic hydroxyl groups excluding tert-OH is 1. The van der Waals surface area contributed by atoms with E-state index in [1.807, 2.05) is 6.92 Å². The van der Waals surface area contributed by atoms with Gasteiger partial charge in [-0.2, -0.15) is 0 Å². The number of pyridine rings is 1. The lowest BCUT2D eigenvalue weighted by Crippen LogP contribution is -2.24. The Morgan fingerprint density at radius 2 is 2.22 bits per heavy atom. The fourth-order valence-corrected chi connectivity index (χ4v) is 1.38. The Morgan fingerprint density at radius 3 is 2.78 bits per heavy atom. The monoisotopic (exact) mass is 251 g/mol. The Labute approximate surface area is 108 Å². The number of carbonyl (C=O) groups excluding carboxylic acids is 1. The van der Waals surface area contributed by atoms with Gasteiger partial charge in [0.25, 0.3) is 5.91 Å². The van der Waals surface area contributed by atoms with Crippen LogP contribution in [0.15, 0.2) is 18.3 Å². The molecular formula is C13H21N3O2. The van der Waals surface area contributed by atoms with Crippen LogP contribution in [0.3, 0.4) is 0 Å². The van der Waals surface area contributed by atoms with Crippen LogP contribution in [-0.4, -0.2) is 35.2 Å². The van der Waals surface area contributed by atoms with Crippen molar-refractivity contribution in [2.75, 3.05) is 18.4 Å². The molecule has 0 radical (unpaired) electrons. The lowest BCUT2D eigenvalue weighted by Gasteiger charge is -2.08. The van der Waals surface area contributed by atoms with Crippen LogP contribution in [0, 0.1) is 0 Å². The van der Waals surface area contributed by atoms with Gasteiger partial charge >= 0.3 is 0 Å². The second-order valence-electron chi connectivity index (χ2n) is 4.25. The Hall–Kier alpha value is -1.62. The number of aromatic nitrogens is 1. The van der Waals surface area contributed by atoms with E-state index in [1.54, 1.807) is 25.3 Å². The van der Waals surface area contributed by atoms with Crippen LogP contribution in [-0.2, 0) is 0 Å². The van der Waals surface area contributed by atoms with Crippen molar-refractivity contribution in [1.29, 1.82) is 0 Å². The van der Waals surface area contributed by atoms with Gasteiger partial charge in [-0.15, -0.1) is 0 Å². The summed E-state index contributed by atoms with van der Waals surface area (Å²) in [5.74, 6) is 0.613. The van der Waals surface area contributed by atoms with Crippen LogP contribution < -0.4 is 10.6 Å². The number of amides is 1. The molecule has 3 N–H and O–H groups in total. The molecular weight excluding hydrogens is 230 g/mol. The minimum absolute atomic E-state index is 0.0973. The van der Waals surface area contributed by atoms with Crippen LogP contribution in [0.5, 0.6) is 0 Å². The Bertz CT molecular complexity index is 363. The van der Waals surface area contributed by atoms with E-state index in [0.29, 0.717) is 30.9 Å². The van der Waals surface area contributed by atoms with E-state index in [2.05, 4.69) is 15.6 Å². The third-order valence-corrected chi connectivity index (χ3v) is 2.43. The van der Waals surface area contributed by atoms with E-state index in [0.717, 1.165) is 6.42 Å². The predicted molar refractivity (Wildman–Crippen MR) is 71.6 cm³/mol. The first-order valence-corrected chi connectivity index (χ1v) is 6.29. The Balaban J connectivity index is 2.44. The number of rotatable bonds is 7. The fraction of sp³-hybridized carbons (Fsp3) is 0.538. The van der Waals surface area contributed by atoms with E-state index in [9.17, 15) is 4.79 Å². The SMILES string of the molecule is CCCNC(=O)c1ccc(NCCC(C)O)nc1. The number of aliphatic hydroxyl groups is 1. The quantitative estimate of drug-likeness (QED) is 0.685. The van der Waals surface area contributed by atoms with E-state index in [4.69, 9.17) is 5.11 Å². The molecule has 1 rings (SSSR count). The molecule has 0 saturated heterocycles. The van der Waals surface area contributed by atoms with Gasteiger partial charge in [-0.1, -0.05) is 6.92 Å². The largest absolute Gasteiger partial charge is 0.393 e. The molecule has 1 aromatic rings. The smallest absolute Gasteiger partial charge is 0.252 e. The molecule has 0 fully saturated rings. The van der Waals surface area contributed by atoms with Gasteiger partial charge in [-0.05, 0) is 31.9 Å². The van der Waals surface area contributed by atoms with Crippen LogP contribution in [0.25, 0.3) is 0 Å². The van der Waals surface area contributed by atoms with Crippen molar-refractivity contribution in [3.05, 3.63) is 23.9 Å². The topological polar surface area (TPSA) is 74.2 Å². The normalized spacial score (nSPS) is 11.9. The van der Waals surface area contributed by atoms with E-state index < -0.39 is 0 Å². The summed E-state index contributed by atoms with van der Waals surface area (Å²) >= 11 is 0. The van der Waals surface area contributed by atoms with Gasteiger partial charge in [0.2, 0.25) is 0 Å². The van der Waals surface area contributed by atoms with Crippen LogP contribution >= 0.6 is 0 Å². The second-order valence-corrected chi connectivity index (χ2v) is 4.25. The molecule has 1 heterocycles. The fourth-order valence-electron chi connectivity index (χ4n) is 1.38. The molecule has 18 heavy (non-hydrogen) atoms. The number of carbonyl (C=O) groups is 1. The van der Waals surface area contributed by atoms with Gasteiger partial charge in [0.15, 0.2) is 0 Å². The molecule has 1 aromatic heterocycles. The zero-order valence-corrected chi connectivity index (χ0v) is 10.9. The number of hydrogen-bond acceptors (Lipinski definition) is 4. The molecule has 0 bridgehead atoms. The zero-order valence-electron chi connectivity index (χ0n) is 10.9. The average molecular weight is 251 g/mol. The predicted octanol–water partition coefficient (Wildman–Crippen LogP) is 1.40. The number of anilines is 1. The van der Waals surface area contributed by atoms with Crippen molar-refractivity contribution in [3.8, 4) is 0 Å². The lowest BCUT2D eigenvalue weighted by atomic mass is 10.2. The molecule has 100 valence electrons. The second kappa shape index (κ2) is 7.66. The molecule has 0 aliphatic carbocycles. The maximum atomic E-state index is 11.6. The van der Waals surface area contributed by atoms with Crippen molar-refractivity contribution in [3.63, 3.8) is 0 Å². The summed E-state index contributed by atoms with van der Waals surface area (Å²) in [6.07, 6.45) is 2.81. The number of hydrogen-bond donors (Lipinski definition) is 3. The van der Waals surface area contributed by atoms with Gasteiger partial charge in [-0.25, -0.2) is 4.98 Å². The van der Waals surface area contributed by atoms with E-state index >= 15 is 0 Å². The first-order valence-electron chi connectivity index (χ1n) is 6.29. The summed E-state index contributed by atoms with van der Waals surface area (Å²) in [4.78, 5) is 15.8. The molecule has 0 aliphatic rings. The molecule has 0 saturated carbocycles. The van der Waals surface area contributed by atoms with Crippen LogP contribution in [0.4, 0.5) is 5.82 Å². The summed E-state index contributed by atoms with van der Waals surface area (Å²) < 4.78 is 0. The summed E-state index contributed by atoms with van der Waals surface area (Å²) in [5, 5.41) is 15.0. The van der Waals surface area contributed by atoms with Crippen molar-refractivity contribution >= 4 is 11.7 Å². The van der Waals surface area contributed by atoms with Crippen molar-refractivity contribution in [1.82, 2.24) is 10.3 Å². The molecule has 5 heteroatoms. The molecule has 0 aliphatic heterocycles. The van der Waals surface area contributed by atoms with E-state index in [-0.39, 0.29) is 12.0 Å². The zero-order chi connectivity index (χ0) is 13.4. The highest BCUT2D eigenvalue weighted by molar-refractivity contribution is 5.93. The summed E-state index contributed by atoms with van der Waals surface area (Å²) in [7, 11) is 0. The third kappa shape index (κ3) is 5.14. The van der Waals surface area contributed by atoms with Gasteiger partial charge in [-0.3, -0.25) is 4.79 Å². The molecule has 5 nitrogen and oxygen atoms in total.